The van der Waals surface area contributed by atoms with Crippen molar-refractivity contribution in [1.29, 1.82) is 0 Å². The van der Waals surface area contributed by atoms with Gasteiger partial charge in [0, 0.05) is 11.3 Å². The molecule has 1 aliphatic heterocycles. The number of rotatable bonds is 2. The van der Waals surface area contributed by atoms with Crippen LogP contribution >= 0.6 is 0 Å². The Morgan fingerprint density at radius 2 is 2.25 bits per heavy atom. The molecule has 0 spiro atoms. The largest absolute Gasteiger partial charge is 0.308 e. The summed E-state index contributed by atoms with van der Waals surface area (Å²) in [4.78, 5) is 11.9. The van der Waals surface area contributed by atoms with Crippen molar-refractivity contribution >= 4 is 11.7 Å². The number of carbonyl (C=O) groups excluding carboxylic acids is 1. The van der Waals surface area contributed by atoms with Crippen molar-refractivity contribution < 1.29 is 4.79 Å². The van der Waals surface area contributed by atoms with Crippen molar-refractivity contribution in [1.82, 2.24) is 15.5 Å². The Labute approximate surface area is 95.0 Å². The first-order valence-corrected chi connectivity index (χ1v) is 5.74. The molecule has 0 aliphatic carbocycles. The van der Waals surface area contributed by atoms with Gasteiger partial charge in [0.15, 0.2) is 5.82 Å². The summed E-state index contributed by atoms with van der Waals surface area (Å²) in [7, 11) is 0. The van der Waals surface area contributed by atoms with Crippen LogP contribution in [0, 0.1) is 13.8 Å². The fraction of sp³-hybridized carbons (Fsp3) is 0.636. The molecule has 0 aromatic carbocycles. The van der Waals surface area contributed by atoms with Crippen molar-refractivity contribution in [3.8, 4) is 0 Å². The maximum atomic E-state index is 11.9. The number of piperidine rings is 1. The molecule has 88 valence electrons. The van der Waals surface area contributed by atoms with E-state index in [1.807, 2.05) is 13.8 Å². The molecule has 1 atom stereocenters. The first-order chi connectivity index (χ1) is 7.68. The Morgan fingerprint density at radius 1 is 1.44 bits per heavy atom. The number of aryl methyl sites for hydroxylation is 1. The molecule has 1 amide bonds. The first-order valence-electron chi connectivity index (χ1n) is 5.74. The number of aromatic amines is 1. The van der Waals surface area contributed by atoms with Gasteiger partial charge < -0.3 is 10.6 Å². The summed E-state index contributed by atoms with van der Waals surface area (Å²) in [5, 5.41) is 13.0. The van der Waals surface area contributed by atoms with Crippen LogP contribution in [0.3, 0.4) is 0 Å². The summed E-state index contributed by atoms with van der Waals surface area (Å²) in [6.45, 7) is 4.82. The molecule has 1 aromatic rings. The molecule has 2 heterocycles. The van der Waals surface area contributed by atoms with Gasteiger partial charge >= 0.3 is 0 Å². The number of aromatic nitrogens is 2. The molecule has 5 nitrogen and oxygen atoms in total. The normalized spacial score (nSPS) is 20.8. The third-order valence-corrected chi connectivity index (χ3v) is 3.12. The van der Waals surface area contributed by atoms with Gasteiger partial charge in [0.2, 0.25) is 5.91 Å². The van der Waals surface area contributed by atoms with E-state index in [1.54, 1.807) is 0 Å². The second-order valence-electron chi connectivity index (χ2n) is 4.31. The van der Waals surface area contributed by atoms with E-state index in [1.165, 1.54) is 0 Å². The smallest absolute Gasteiger partial charge is 0.242 e. The lowest BCUT2D eigenvalue weighted by atomic mass is 10.0. The predicted octanol–water partition coefficient (Wildman–Crippen LogP) is 1.11. The van der Waals surface area contributed by atoms with Gasteiger partial charge in [-0.05, 0) is 33.2 Å². The van der Waals surface area contributed by atoms with Crippen LogP contribution < -0.4 is 10.6 Å². The van der Waals surface area contributed by atoms with E-state index >= 15 is 0 Å². The van der Waals surface area contributed by atoms with E-state index in [2.05, 4.69) is 20.8 Å². The van der Waals surface area contributed by atoms with Crippen LogP contribution in [0.15, 0.2) is 0 Å². The van der Waals surface area contributed by atoms with E-state index < -0.39 is 0 Å². The second-order valence-corrected chi connectivity index (χ2v) is 4.31. The maximum Gasteiger partial charge on any atom is 0.242 e. The van der Waals surface area contributed by atoms with Gasteiger partial charge in [0.1, 0.15) is 0 Å². The summed E-state index contributed by atoms with van der Waals surface area (Å²) in [5.74, 6) is 0.671. The van der Waals surface area contributed by atoms with Crippen LogP contribution in [-0.4, -0.2) is 28.7 Å². The van der Waals surface area contributed by atoms with Crippen LogP contribution in [0.4, 0.5) is 5.82 Å². The van der Waals surface area contributed by atoms with E-state index in [0.29, 0.717) is 5.82 Å². The van der Waals surface area contributed by atoms with Gasteiger partial charge in [-0.25, -0.2) is 0 Å². The number of anilines is 1. The molecule has 5 heteroatoms. The Bertz CT molecular complexity index is 379. The second kappa shape index (κ2) is 4.65. The summed E-state index contributed by atoms with van der Waals surface area (Å²) >= 11 is 0. The number of amides is 1. The summed E-state index contributed by atoms with van der Waals surface area (Å²) in [6.07, 6.45) is 3.18. The average Bonchev–Trinajstić information content (AvgIpc) is 2.62. The van der Waals surface area contributed by atoms with Gasteiger partial charge in [-0.2, -0.15) is 5.10 Å². The number of nitrogens with one attached hydrogen (secondary N) is 3. The fourth-order valence-corrected chi connectivity index (χ4v) is 1.89. The zero-order chi connectivity index (χ0) is 11.5. The number of H-pyrrole nitrogens is 1. The Morgan fingerprint density at radius 3 is 2.81 bits per heavy atom. The van der Waals surface area contributed by atoms with Gasteiger partial charge in [-0.15, -0.1) is 0 Å². The summed E-state index contributed by atoms with van der Waals surface area (Å²) in [5.41, 5.74) is 2.00. The molecule has 3 N–H and O–H groups in total. The van der Waals surface area contributed by atoms with Gasteiger partial charge in [0.05, 0.1) is 6.04 Å². The molecule has 16 heavy (non-hydrogen) atoms. The number of hydrogen-bond acceptors (Lipinski definition) is 3. The van der Waals surface area contributed by atoms with Crippen LogP contribution in [0.25, 0.3) is 0 Å². The quantitative estimate of drug-likeness (QED) is 0.702. The highest BCUT2D eigenvalue weighted by Gasteiger charge is 2.21. The van der Waals surface area contributed by atoms with E-state index in [9.17, 15) is 4.79 Å². The SMILES string of the molecule is Cc1[nH]nc(NC(=O)[C@H]2CCCCN2)c1C. The Balaban J connectivity index is 1.98. The molecule has 1 aliphatic rings. The third kappa shape index (κ3) is 2.24. The molecule has 0 bridgehead atoms. The molecule has 0 saturated carbocycles. The highest BCUT2D eigenvalue weighted by atomic mass is 16.2. The van der Waals surface area contributed by atoms with Crippen molar-refractivity contribution in [3.05, 3.63) is 11.3 Å². The lowest BCUT2D eigenvalue weighted by molar-refractivity contribution is -0.118. The highest BCUT2D eigenvalue weighted by Crippen LogP contribution is 2.15. The van der Waals surface area contributed by atoms with E-state index in [0.717, 1.165) is 37.1 Å². The van der Waals surface area contributed by atoms with Gasteiger partial charge in [-0.3, -0.25) is 9.89 Å². The number of carbonyl (C=O) groups is 1. The van der Waals surface area contributed by atoms with Crippen molar-refractivity contribution in [2.24, 2.45) is 0 Å². The zero-order valence-corrected chi connectivity index (χ0v) is 9.76. The Kier molecular flexibility index (Phi) is 3.24. The molecule has 1 saturated heterocycles. The molecule has 1 aromatic heterocycles. The Hall–Kier alpha value is -1.36. The van der Waals surface area contributed by atoms with Crippen LogP contribution in [0.5, 0.6) is 0 Å². The minimum absolute atomic E-state index is 0.0225. The zero-order valence-electron chi connectivity index (χ0n) is 9.76. The maximum absolute atomic E-state index is 11.9. The van der Waals surface area contributed by atoms with Crippen molar-refractivity contribution in [2.75, 3.05) is 11.9 Å². The molecule has 2 rings (SSSR count). The highest BCUT2D eigenvalue weighted by molar-refractivity contribution is 5.94. The van der Waals surface area contributed by atoms with Crippen LogP contribution in [0.2, 0.25) is 0 Å². The lowest BCUT2D eigenvalue weighted by Gasteiger charge is -2.22. The van der Waals surface area contributed by atoms with Gasteiger partial charge in [0.25, 0.3) is 0 Å². The first kappa shape index (κ1) is 11.1. The summed E-state index contributed by atoms with van der Waals surface area (Å²) in [6, 6.07) is -0.0647. The van der Waals surface area contributed by atoms with Crippen molar-refractivity contribution in [3.63, 3.8) is 0 Å². The lowest BCUT2D eigenvalue weighted by Crippen LogP contribution is -2.43. The van der Waals surface area contributed by atoms with Crippen LogP contribution in [-0.2, 0) is 4.79 Å². The monoisotopic (exact) mass is 222 g/mol. The van der Waals surface area contributed by atoms with Crippen molar-refractivity contribution in [2.45, 2.75) is 39.2 Å². The van der Waals surface area contributed by atoms with Gasteiger partial charge in [-0.1, -0.05) is 6.42 Å². The third-order valence-electron chi connectivity index (χ3n) is 3.12. The molecular weight excluding hydrogens is 204 g/mol. The molecule has 1 fully saturated rings. The minimum atomic E-state index is -0.0647. The van der Waals surface area contributed by atoms with Crippen LogP contribution in [0.1, 0.15) is 30.5 Å². The molecule has 0 unspecified atom stereocenters. The minimum Gasteiger partial charge on any atom is -0.308 e. The topological polar surface area (TPSA) is 69.8 Å². The molecular formula is C11H18N4O. The standard InChI is InChI=1S/C11H18N4O/c1-7-8(2)14-15-10(7)13-11(16)9-5-3-4-6-12-9/h9,12H,3-6H2,1-2H3,(H2,13,14,15,16)/t9-/m1/s1. The van der Waals surface area contributed by atoms with E-state index in [4.69, 9.17) is 0 Å². The summed E-state index contributed by atoms with van der Waals surface area (Å²) < 4.78 is 0. The number of nitrogens with zero attached hydrogens (tertiary/aromatic N) is 1. The van der Waals surface area contributed by atoms with E-state index in [-0.39, 0.29) is 11.9 Å². The predicted molar refractivity (Wildman–Crippen MR) is 62.3 cm³/mol. The fourth-order valence-electron chi connectivity index (χ4n) is 1.89. The molecule has 0 radical (unpaired) electrons. The average molecular weight is 222 g/mol. The number of hydrogen-bond donors (Lipinski definition) is 3.